The molecule has 1 saturated heterocycles. The highest BCUT2D eigenvalue weighted by Crippen LogP contribution is 2.29. The molecule has 1 unspecified atom stereocenters. The first-order valence-corrected chi connectivity index (χ1v) is 8.95. The third-order valence-electron chi connectivity index (χ3n) is 4.37. The molecule has 0 saturated carbocycles. The highest BCUT2D eigenvalue weighted by molar-refractivity contribution is 7.14. The first-order chi connectivity index (χ1) is 12.1. The second-order valence-electron chi connectivity index (χ2n) is 6.11. The lowest BCUT2D eigenvalue weighted by atomic mass is 10.2. The molecule has 1 atom stereocenters. The smallest absolute Gasteiger partial charge is 0.293 e. The highest BCUT2D eigenvalue weighted by atomic mass is 32.1. The Labute approximate surface area is 147 Å². The fraction of sp³-hybridized carbons (Fsp3) is 0.375. The first-order valence-electron chi connectivity index (χ1n) is 8.13. The zero-order chi connectivity index (χ0) is 17.4. The summed E-state index contributed by atoms with van der Waals surface area (Å²) in [6.07, 6.45) is 5.50. The van der Waals surface area contributed by atoms with Crippen molar-refractivity contribution in [3.8, 4) is 0 Å². The van der Waals surface area contributed by atoms with Gasteiger partial charge in [0.25, 0.3) is 11.5 Å². The summed E-state index contributed by atoms with van der Waals surface area (Å²) in [7, 11) is 1.73. The lowest BCUT2D eigenvalue weighted by Gasteiger charge is -2.15. The van der Waals surface area contributed by atoms with E-state index in [9.17, 15) is 9.59 Å². The Morgan fingerprint density at radius 2 is 2.32 bits per heavy atom. The standard InChI is InChI=1S/C16H18N6O2S/c1-21(9-13-19-20-14-15(23)18-7-8-22(13)14)16(24)12-5-4-11(25-12)10-3-2-6-17-10/h4-5,7-8,10,17H,2-3,6,9H2,1H3,(H,18,23). The molecule has 1 aliphatic rings. The zero-order valence-electron chi connectivity index (χ0n) is 13.7. The maximum absolute atomic E-state index is 12.7. The fourth-order valence-corrected chi connectivity index (χ4v) is 4.16. The summed E-state index contributed by atoms with van der Waals surface area (Å²) in [6.45, 7) is 1.31. The second kappa shape index (κ2) is 6.41. The van der Waals surface area contributed by atoms with Crippen LogP contribution in [0.2, 0.25) is 0 Å². The van der Waals surface area contributed by atoms with Gasteiger partial charge in [-0.05, 0) is 31.5 Å². The summed E-state index contributed by atoms with van der Waals surface area (Å²) in [5, 5.41) is 11.4. The summed E-state index contributed by atoms with van der Waals surface area (Å²) in [5.74, 6) is 0.488. The number of fused-ring (bicyclic) bond motifs is 1. The van der Waals surface area contributed by atoms with Crippen molar-refractivity contribution in [3.63, 3.8) is 0 Å². The number of thiophene rings is 1. The Balaban J connectivity index is 1.52. The van der Waals surface area contributed by atoms with Crippen LogP contribution >= 0.6 is 11.3 Å². The predicted octanol–water partition coefficient (Wildman–Crippen LogP) is 1.18. The van der Waals surface area contributed by atoms with E-state index in [1.165, 1.54) is 28.8 Å². The molecular weight excluding hydrogens is 340 g/mol. The Hall–Kier alpha value is -2.52. The molecule has 0 aromatic carbocycles. The SMILES string of the molecule is CN(Cc1nnc2c(=O)[nH]ccn12)C(=O)c1ccc(C2CCCN2)s1. The van der Waals surface area contributed by atoms with Crippen molar-refractivity contribution >= 4 is 22.9 Å². The van der Waals surface area contributed by atoms with Crippen molar-refractivity contribution in [2.75, 3.05) is 13.6 Å². The van der Waals surface area contributed by atoms with Crippen molar-refractivity contribution in [1.29, 1.82) is 0 Å². The molecule has 1 fully saturated rings. The topological polar surface area (TPSA) is 95.4 Å². The van der Waals surface area contributed by atoms with E-state index in [1.54, 1.807) is 22.5 Å². The minimum absolute atomic E-state index is 0.0594. The van der Waals surface area contributed by atoms with Crippen molar-refractivity contribution in [3.05, 3.63) is 50.5 Å². The van der Waals surface area contributed by atoms with Gasteiger partial charge < -0.3 is 15.2 Å². The van der Waals surface area contributed by atoms with Gasteiger partial charge in [0.15, 0.2) is 5.82 Å². The van der Waals surface area contributed by atoms with Crippen LogP contribution < -0.4 is 10.9 Å². The van der Waals surface area contributed by atoms with E-state index < -0.39 is 0 Å². The Morgan fingerprint density at radius 1 is 1.44 bits per heavy atom. The van der Waals surface area contributed by atoms with E-state index in [4.69, 9.17) is 0 Å². The van der Waals surface area contributed by atoms with Gasteiger partial charge in [-0.2, -0.15) is 0 Å². The molecule has 9 heteroatoms. The molecule has 130 valence electrons. The maximum Gasteiger partial charge on any atom is 0.293 e. The number of aromatic amines is 1. The van der Waals surface area contributed by atoms with Crippen LogP contribution in [0.25, 0.3) is 5.65 Å². The number of rotatable bonds is 4. The summed E-state index contributed by atoms with van der Waals surface area (Å²) in [5.41, 5.74) is -0.0775. The van der Waals surface area contributed by atoms with Crippen LogP contribution in [0.15, 0.2) is 29.3 Å². The van der Waals surface area contributed by atoms with E-state index in [1.807, 2.05) is 12.1 Å². The average molecular weight is 358 g/mol. The molecule has 0 bridgehead atoms. The van der Waals surface area contributed by atoms with Crippen molar-refractivity contribution in [2.45, 2.75) is 25.4 Å². The third kappa shape index (κ3) is 2.96. The number of H-pyrrole nitrogens is 1. The largest absolute Gasteiger partial charge is 0.333 e. The third-order valence-corrected chi connectivity index (χ3v) is 5.56. The lowest BCUT2D eigenvalue weighted by Crippen LogP contribution is -2.26. The van der Waals surface area contributed by atoms with Gasteiger partial charge in [0.05, 0.1) is 11.4 Å². The van der Waals surface area contributed by atoms with Gasteiger partial charge in [0.1, 0.15) is 0 Å². The van der Waals surface area contributed by atoms with Gasteiger partial charge in [-0.1, -0.05) is 0 Å². The lowest BCUT2D eigenvalue weighted by molar-refractivity contribution is 0.0786. The molecule has 0 aliphatic carbocycles. The second-order valence-corrected chi connectivity index (χ2v) is 7.23. The van der Waals surface area contributed by atoms with Crippen LogP contribution in [0, 0.1) is 0 Å². The monoisotopic (exact) mass is 358 g/mol. The van der Waals surface area contributed by atoms with Gasteiger partial charge in [0, 0.05) is 30.4 Å². The predicted molar refractivity (Wildman–Crippen MR) is 93.7 cm³/mol. The number of hydrogen-bond acceptors (Lipinski definition) is 6. The Morgan fingerprint density at radius 3 is 3.12 bits per heavy atom. The molecular formula is C16H18N6O2S. The molecule has 1 aliphatic heterocycles. The molecule has 8 nitrogen and oxygen atoms in total. The van der Waals surface area contributed by atoms with Crippen LogP contribution in [0.5, 0.6) is 0 Å². The van der Waals surface area contributed by atoms with E-state index in [0.717, 1.165) is 13.0 Å². The number of hydrogen-bond donors (Lipinski definition) is 2. The van der Waals surface area contributed by atoms with E-state index in [2.05, 4.69) is 20.5 Å². The summed E-state index contributed by atoms with van der Waals surface area (Å²) < 4.78 is 1.60. The quantitative estimate of drug-likeness (QED) is 0.730. The zero-order valence-corrected chi connectivity index (χ0v) is 14.5. The Bertz CT molecular complexity index is 968. The summed E-state index contributed by atoms with van der Waals surface area (Å²) in [6, 6.07) is 4.27. The number of nitrogens with zero attached hydrogens (tertiary/aromatic N) is 4. The minimum atomic E-state index is -0.304. The molecule has 0 radical (unpaired) electrons. The average Bonchev–Trinajstić information content (AvgIpc) is 3.35. The molecule has 3 aromatic heterocycles. The van der Waals surface area contributed by atoms with Crippen molar-refractivity contribution in [1.82, 2.24) is 29.8 Å². The molecule has 4 rings (SSSR count). The van der Waals surface area contributed by atoms with Crippen LogP contribution in [0.4, 0.5) is 0 Å². The fourth-order valence-electron chi connectivity index (χ4n) is 3.05. The van der Waals surface area contributed by atoms with E-state index >= 15 is 0 Å². The molecule has 1 amide bonds. The number of nitrogens with one attached hydrogen (secondary N) is 2. The maximum atomic E-state index is 12.7. The highest BCUT2D eigenvalue weighted by Gasteiger charge is 2.22. The minimum Gasteiger partial charge on any atom is -0.333 e. The number of carbonyl (C=O) groups excluding carboxylic acids is 1. The van der Waals surface area contributed by atoms with Crippen LogP contribution in [-0.4, -0.2) is 44.0 Å². The van der Waals surface area contributed by atoms with Gasteiger partial charge in [-0.15, -0.1) is 21.5 Å². The molecule has 2 N–H and O–H groups in total. The number of amides is 1. The summed E-state index contributed by atoms with van der Waals surface area (Å²) >= 11 is 1.53. The van der Waals surface area contributed by atoms with Crippen LogP contribution in [-0.2, 0) is 6.54 Å². The first kappa shape index (κ1) is 16.0. The molecule has 3 aromatic rings. The molecule has 4 heterocycles. The van der Waals surface area contributed by atoms with Crippen LogP contribution in [0.3, 0.4) is 0 Å². The van der Waals surface area contributed by atoms with Gasteiger partial charge >= 0.3 is 0 Å². The van der Waals surface area contributed by atoms with Gasteiger partial charge in [-0.25, -0.2) is 0 Å². The van der Waals surface area contributed by atoms with Crippen LogP contribution in [0.1, 0.15) is 39.3 Å². The number of carbonyl (C=O) groups is 1. The van der Waals surface area contributed by atoms with Gasteiger partial charge in [0.2, 0.25) is 5.65 Å². The van der Waals surface area contributed by atoms with Gasteiger partial charge in [-0.3, -0.25) is 14.0 Å². The molecule has 0 spiro atoms. The normalized spacial score (nSPS) is 17.2. The molecule has 25 heavy (non-hydrogen) atoms. The van der Waals surface area contributed by atoms with Crippen molar-refractivity contribution in [2.24, 2.45) is 0 Å². The van der Waals surface area contributed by atoms with E-state index in [0.29, 0.717) is 16.7 Å². The summed E-state index contributed by atoms with van der Waals surface area (Å²) in [4.78, 5) is 30.4. The Kier molecular flexibility index (Phi) is 4.10. The number of aromatic nitrogens is 4. The van der Waals surface area contributed by atoms with E-state index in [-0.39, 0.29) is 23.7 Å². The van der Waals surface area contributed by atoms with Crippen molar-refractivity contribution < 1.29 is 4.79 Å².